The monoisotopic (exact) mass is 388 g/mol. The van der Waals surface area contributed by atoms with E-state index in [1.165, 1.54) is 22.7 Å². The van der Waals surface area contributed by atoms with E-state index >= 15 is 0 Å². The van der Waals surface area contributed by atoms with Gasteiger partial charge in [-0.15, -0.1) is 45.3 Å². The largest absolute Gasteiger partial charge is 0.297 e. The van der Waals surface area contributed by atoms with Gasteiger partial charge in [0.2, 0.25) is 0 Å². The van der Waals surface area contributed by atoms with E-state index < -0.39 is 0 Å². The van der Waals surface area contributed by atoms with Gasteiger partial charge in [-0.1, -0.05) is 6.07 Å². The van der Waals surface area contributed by atoms with Gasteiger partial charge in [0, 0.05) is 17.0 Å². The molecule has 118 valence electrons. The Bertz CT molecular complexity index is 1160. The fraction of sp³-hybridized carbons (Fsp3) is 0. The van der Waals surface area contributed by atoms with E-state index in [9.17, 15) is 4.79 Å². The van der Waals surface area contributed by atoms with Gasteiger partial charge in [-0.05, 0) is 17.5 Å². The van der Waals surface area contributed by atoms with E-state index in [4.69, 9.17) is 0 Å². The Hall–Kier alpha value is -2.07. The third-order valence-corrected chi connectivity index (χ3v) is 6.89. The third-order valence-electron chi connectivity index (χ3n) is 3.46. The predicted molar refractivity (Wildman–Crippen MR) is 102 cm³/mol. The first-order chi connectivity index (χ1) is 11.8. The van der Waals surface area contributed by atoms with Crippen molar-refractivity contribution in [1.29, 1.82) is 0 Å². The molecule has 0 aromatic carbocycles. The number of fused-ring (bicyclic) bond motifs is 3. The molecule has 5 aromatic rings. The van der Waals surface area contributed by atoms with Crippen molar-refractivity contribution in [2.75, 3.05) is 5.32 Å². The third kappa shape index (κ3) is 2.28. The Labute approximate surface area is 151 Å². The zero-order valence-electron chi connectivity index (χ0n) is 11.9. The molecule has 1 amide bonds. The summed E-state index contributed by atoms with van der Waals surface area (Å²) in [5.74, 6) is -0.144. The van der Waals surface area contributed by atoms with E-state index in [2.05, 4.69) is 15.3 Å². The lowest BCUT2D eigenvalue weighted by Crippen LogP contribution is -2.09. The second kappa shape index (κ2) is 5.49. The van der Waals surface area contributed by atoms with Crippen LogP contribution in [0.3, 0.4) is 0 Å². The summed E-state index contributed by atoms with van der Waals surface area (Å²) in [5.41, 5.74) is 1.87. The van der Waals surface area contributed by atoms with Crippen LogP contribution in [0.2, 0.25) is 0 Å². The highest BCUT2D eigenvalue weighted by Gasteiger charge is 2.16. The van der Waals surface area contributed by atoms with Crippen LogP contribution in [0.4, 0.5) is 5.13 Å². The van der Waals surface area contributed by atoms with Crippen LogP contribution in [0.5, 0.6) is 0 Å². The van der Waals surface area contributed by atoms with E-state index in [1.54, 1.807) is 22.7 Å². The Kier molecular flexibility index (Phi) is 3.27. The zero-order valence-corrected chi connectivity index (χ0v) is 15.2. The molecule has 5 aromatic heterocycles. The molecule has 0 aliphatic heterocycles. The SMILES string of the molecule is O=C(Nc1nc(-c2cccs2)cs1)c1cc2c(nc3sccn32)s1. The smallest absolute Gasteiger partial charge is 0.267 e. The molecule has 0 saturated carbocycles. The lowest BCUT2D eigenvalue weighted by Gasteiger charge is -1.97. The Morgan fingerprint density at radius 2 is 2.12 bits per heavy atom. The molecule has 5 nitrogen and oxygen atoms in total. The fourth-order valence-electron chi connectivity index (χ4n) is 2.39. The lowest BCUT2D eigenvalue weighted by molar-refractivity contribution is 0.103. The summed E-state index contributed by atoms with van der Waals surface area (Å²) in [6.45, 7) is 0. The van der Waals surface area contributed by atoms with Crippen molar-refractivity contribution in [3.8, 4) is 10.6 Å². The standard InChI is InChI=1S/C15H8N4OS4/c20-12(17-14-16-8(7-23-14)10-2-1-4-21-10)11-6-9-13(24-11)18-15-19(9)3-5-22-15/h1-7H,(H,16,17,20). The number of thiophene rings is 2. The molecule has 0 bridgehead atoms. The number of hydrogen-bond acceptors (Lipinski definition) is 7. The summed E-state index contributed by atoms with van der Waals surface area (Å²) in [7, 11) is 0. The van der Waals surface area contributed by atoms with E-state index in [0.717, 1.165) is 25.9 Å². The summed E-state index contributed by atoms with van der Waals surface area (Å²) < 4.78 is 2.01. The number of thiazole rings is 2. The van der Waals surface area contributed by atoms with Crippen LogP contribution in [-0.4, -0.2) is 20.3 Å². The molecule has 0 aliphatic rings. The van der Waals surface area contributed by atoms with Gasteiger partial charge in [0.25, 0.3) is 5.91 Å². The lowest BCUT2D eigenvalue weighted by atomic mass is 10.4. The summed E-state index contributed by atoms with van der Waals surface area (Å²) in [5, 5.41) is 9.45. The van der Waals surface area contributed by atoms with Crippen LogP contribution >= 0.6 is 45.3 Å². The van der Waals surface area contributed by atoms with Crippen LogP contribution in [0.25, 0.3) is 25.9 Å². The van der Waals surface area contributed by atoms with Gasteiger partial charge < -0.3 is 0 Å². The summed E-state index contributed by atoms with van der Waals surface area (Å²) in [6, 6.07) is 5.90. The van der Waals surface area contributed by atoms with E-state index in [-0.39, 0.29) is 5.91 Å². The number of imidazole rings is 1. The van der Waals surface area contributed by atoms with Crippen molar-refractivity contribution in [3.63, 3.8) is 0 Å². The maximum absolute atomic E-state index is 12.5. The summed E-state index contributed by atoms with van der Waals surface area (Å²) in [6.07, 6.45) is 1.97. The van der Waals surface area contributed by atoms with Crippen LogP contribution in [0, 0.1) is 0 Å². The molecule has 0 radical (unpaired) electrons. The average molecular weight is 389 g/mol. The summed E-state index contributed by atoms with van der Waals surface area (Å²) >= 11 is 6.05. The molecule has 0 atom stereocenters. The van der Waals surface area contributed by atoms with Crippen LogP contribution < -0.4 is 5.32 Å². The van der Waals surface area contributed by atoms with Crippen molar-refractivity contribution in [2.45, 2.75) is 0 Å². The van der Waals surface area contributed by atoms with Gasteiger partial charge >= 0.3 is 0 Å². The Morgan fingerprint density at radius 3 is 3.00 bits per heavy atom. The number of nitrogens with zero attached hydrogens (tertiary/aromatic N) is 3. The molecular formula is C15H8N4OS4. The number of rotatable bonds is 3. The second-order valence-corrected chi connectivity index (χ2v) is 8.65. The van der Waals surface area contributed by atoms with Gasteiger partial charge in [0.15, 0.2) is 10.1 Å². The number of carbonyl (C=O) groups is 1. The number of nitrogens with one attached hydrogen (secondary N) is 1. The minimum Gasteiger partial charge on any atom is -0.297 e. The van der Waals surface area contributed by atoms with Crippen molar-refractivity contribution in [2.24, 2.45) is 0 Å². The molecule has 1 N–H and O–H groups in total. The zero-order chi connectivity index (χ0) is 16.1. The Balaban J connectivity index is 1.42. The molecule has 0 aliphatic carbocycles. The molecule has 0 fully saturated rings. The second-order valence-electron chi connectivity index (χ2n) is 4.94. The minimum atomic E-state index is -0.144. The first-order valence-electron chi connectivity index (χ1n) is 6.94. The van der Waals surface area contributed by atoms with Crippen LogP contribution in [-0.2, 0) is 0 Å². The Morgan fingerprint density at radius 1 is 1.17 bits per heavy atom. The molecule has 5 rings (SSSR count). The van der Waals surface area contributed by atoms with Crippen molar-refractivity contribution in [1.82, 2.24) is 14.4 Å². The molecular weight excluding hydrogens is 380 g/mol. The van der Waals surface area contributed by atoms with Gasteiger partial charge in [0.05, 0.1) is 21.0 Å². The van der Waals surface area contributed by atoms with Gasteiger partial charge in [-0.3, -0.25) is 14.5 Å². The van der Waals surface area contributed by atoms with E-state index in [1.807, 2.05) is 44.9 Å². The van der Waals surface area contributed by atoms with Crippen molar-refractivity contribution in [3.05, 3.63) is 45.4 Å². The first kappa shape index (κ1) is 14.3. The molecule has 0 spiro atoms. The number of carbonyl (C=O) groups excluding carboxylic acids is 1. The van der Waals surface area contributed by atoms with Gasteiger partial charge in [-0.25, -0.2) is 9.97 Å². The van der Waals surface area contributed by atoms with Crippen molar-refractivity contribution < 1.29 is 4.79 Å². The number of anilines is 1. The van der Waals surface area contributed by atoms with Gasteiger partial charge in [0.1, 0.15) is 4.83 Å². The predicted octanol–water partition coefficient (Wildman–Crippen LogP) is 5.05. The maximum Gasteiger partial charge on any atom is 0.267 e. The maximum atomic E-state index is 12.5. The highest BCUT2D eigenvalue weighted by molar-refractivity contribution is 7.21. The highest BCUT2D eigenvalue weighted by Crippen LogP contribution is 2.31. The fourth-order valence-corrected chi connectivity index (χ4v) is 5.55. The molecule has 0 unspecified atom stereocenters. The molecule has 9 heteroatoms. The normalized spacial score (nSPS) is 11.5. The molecule has 0 saturated heterocycles. The first-order valence-corrected chi connectivity index (χ1v) is 10.4. The number of aromatic nitrogens is 3. The average Bonchev–Trinajstić information content (AvgIpc) is 3.34. The number of amides is 1. The molecule has 24 heavy (non-hydrogen) atoms. The minimum absolute atomic E-state index is 0.144. The van der Waals surface area contributed by atoms with Crippen LogP contribution in [0.15, 0.2) is 40.5 Å². The molecule has 5 heterocycles. The van der Waals surface area contributed by atoms with Gasteiger partial charge in [-0.2, -0.15) is 0 Å². The highest BCUT2D eigenvalue weighted by atomic mass is 32.1. The quantitative estimate of drug-likeness (QED) is 0.471. The van der Waals surface area contributed by atoms with Crippen molar-refractivity contribution >= 4 is 71.7 Å². The topological polar surface area (TPSA) is 59.3 Å². The summed E-state index contributed by atoms with van der Waals surface area (Å²) in [4.78, 5) is 25.1. The van der Waals surface area contributed by atoms with E-state index in [0.29, 0.717) is 10.0 Å². The number of hydrogen-bond donors (Lipinski definition) is 1. The van der Waals surface area contributed by atoms with Crippen LogP contribution in [0.1, 0.15) is 9.67 Å².